The first-order valence-corrected chi connectivity index (χ1v) is 5.57. The Balaban J connectivity index is 2.08. The summed E-state index contributed by atoms with van der Waals surface area (Å²) in [6.07, 6.45) is 0. The maximum atomic E-state index is 8.90. The largest absolute Gasteiger partial charge is 0.368 e. The van der Waals surface area contributed by atoms with Gasteiger partial charge in [-0.3, -0.25) is 0 Å². The highest BCUT2D eigenvalue weighted by Crippen LogP contribution is 2.21. The molecule has 1 aromatic carbocycles. The molecule has 16 heavy (non-hydrogen) atoms. The Morgan fingerprint density at radius 1 is 1.44 bits per heavy atom. The standard InChI is InChI=1S/C10H9N5S/c11-5-7-3-1-2-4-8(7)6-16-10-13-9(12)14-15-10/h1-4H,6H2,(H3,12,13,14,15). The third kappa shape index (κ3) is 2.32. The van der Waals surface area contributed by atoms with Crippen LogP contribution in [0.4, 0.5) is 5.95 Å². The van der Waals surface area contributed by atoms with Gasteiger partial charge in [-0.2, -0.15) is 10.2 Å². The van der Waals surface area contributed by atoms with Crippen LogP contribution in [0.5, 0.6) is 0 Å². The molecule has 5 nitrogen and oxygen atoms in total. The fourth-order valence-corrected chi connectivity index (χ4v) is 2.03. The van der Waals surface area contributed by atoms with Crippen LogP contribution in [0.15, 0.2) is 29.4 Å². The van der Waals surface area contributed by atoms with Crippen molar-refractivity contribution in [2.24, 2.45) is 0 Å². The van der Waals surface area contributed by atoms with E-state index in [-0.39, 0.29) is 0 Å². The van der Waals surface area contributed by atoms with Crippen molar-refractivity contribution < 1.29 is 0 Å². The van der Waals surface area contributed by atoms with E-state index in [1.54, 1.807) is 6.07 Å². The van der Waals surface area contributed by atoms with Crippen LogP contribution in [0.1, 0.15) is 11.1 Å². The van der Waals surface area contributed by atoms with Crippen molar-refractivity contribution in [1.82, 2.24) is 15.2 Å². The zero-order valence-corrected chi connectivity index (χ0v) is 9.16. The summed E-state index contributed by atoms with van der Waals surface area (Å²) < 4.78 is 0. The number of nitrogens with one attached hydrogen (secondary N) is 1. The first-order valence-electron chi connectivity index (χ1n) is 4.58. The van der Waals surface area contributed by atoms with E-state index in [2.05, 4.69) is 21.3 Å². The molecule has 0 unspecified atom stereocenters. The highest BCUT2D eigenvalue weighted by molar-refractivity contribution is 7.98. The summed E-state index contributed by atoms with van der Waals surface area (Å²) in [5.74, 6) is 0.956. The molecule has 2 aromatic rings. The maximum Gasteiger partial charge on any atom is 0.216 e. The number of nitrogen functional groups attached to an aromatic ring is 1. The van der Waals surface area contributed by atoms with Crippen LogP contribution in [0, 0.1) is 11.3 Å². The molecule has 0 saturated carbocycles. The molecule has 1 aromatic heterocycles. The quantitative estimate of drug-likeness (QED) is 0.782. The second-order valence-electron chi connectivity index (χ2n) is 3.06. The molecule has 3 N–H and O–H groups in total. The SMILES string of the molecule is N#Cc1ccccc1CSc1n[nH]c(N)n1. The van der Waals surface area contributed by atoms with Gasteiger partial charge in [0, 0.05) is 5.75 Å². The first-order chi connectivity index (χ1) is 7.79. The fourth-order valence-electron chi connectivity index (χ4n) is 1.22. The van der Waals surface area contributed by atoms with Gasteiger partial charge in [-0.25, -0.2) is 5.10 Å². The van der Waals surface area contributed by atoms with Gasteiger partial charge in [0.05, 0.1) is 11.6 Å². The molecule has 0 radical (unpaired) electrons. The summed E-state index contributed by atoms with van der Waals surface area (Å²) in [6, 6.07) is 9.61. The van der Waals surface area contributed by atoms with Crippen molar-refractivity contribution >= 4 is 17.7 Å². The van der Waals surface area contributed by atoms with Crippen LogP contribution >= 0.6 is 11.8 Å². The number of hydrogen-bond donors (Lipinski definition) is 2. The number of benzene rings is 1. The molecule has 0 spiro atoms. The summed E-state index contributed by atoms with van der Waals surface area (Å²) in [7, 11) is 0. The highest BCUT2D eigenvalue weighted by Gasteiger charge is 2.04. The molecular weight excluding hydrogens is 222 g/mol. The molecule has 0 amide bonds. The number of aromatic nitrogens is 3. The van der Waals surface area contributed by atoms with E-state index in [0.717, 1.165) is 5.56 Å². The van der Waals surface area contributed by atoms with Gasteiger partial charge in [0.15, 0.2) is 0 Å². The molecule has 0 aliphatic rings. The van der Waals surface area contributed by atoms with E-state index < -0.39 is 0 Å². The first kappa shape index (κ1) is 10.5. The van der Waals surface area contributed by atoms with E-state index in [0.29, 0.717) is 22.4 Å². The van der Waals surface area contributed by atoms with Crippen LogP contribution < -0.4 is 5.73 Å². The number of nitriles is 1. The molecule has 80 valence electrons. The van der Waals surface area contributed by atoms with Crippen LogP contribution in [-0.2, 0) is 5.75 Å². The lowest BCUT2D eigenvalue weighted by Gasteiger charge is -2.00. The molecule has 6 heteroatoms. The normalized spacial score (nSPS) is 9.94. The van der Waals surface area contributed by atoms with Crippen LogP contribution in [-0.4, -0.2) is 15.2 Å². The van der Waals surface area contributed by atoms with Gasteiger partial charge in [-0.15, -0.1) is 5.10 Å². The zero-order chi connectivity index (χ0) is 11.4. The summed E-state index contributed by atoms with van der Waals surface area (Å²) in [6.45, 7) is 0. The summed E-state index contributed by atoms with van der Waals surface area (Å²) in [5, 5.41) is 16.0. The lowest BCUT2D eigenvalue weighted by molar-refractivity contribution is 0.973. The number of H-pyrrole nitrogens is 1. The molecule has 1 heterocycles. The van der Waals surface area contributed by atoms with E-state index in [1.807, 2.05) is 18.2 Å². The third-order valence-electron chi connectivity index (χ3n) is 1.98. The van der Waals surface area contributed by atoms with Crippen LogP contribution in [0.25, 0.3) is 0 Å². The lowest BCUT2D eigenvalue weighted by atomic mass is 10.1. The molecule has 2 rings (SSSR count). The maximum absolute atomic E-state index is 8.90. The molecular formula is C10H9N5S. The molecule has 0 saturated heterocycles. The second kappa shape index (κ2) is 4.68. The second-order valence-corrected chi connectivity index (χ2v) is 4.00. The Morgan fingerprint density at radius 3 is 2.94 bits per heavy atom. The minimum absolute atomic E-state index is 0.302. The smallest absolute Gasteiger partial charge is 0.216 e. The van der Waals surface area contributed by atoms with Gasteiger partial charge in [-0.05, 0) is 11.6 Å². The van der Waals surface area contributed by atoms with Crippen LogP contribution in [0.2, 0.25) is 0 Å². The highest BCUT2D eigenvalue weighted by atomic mass is 32.2. The van der Waals surface area contributed by atoms with Crippen molar-refractivity contribution in [3.63, 3.8) is 0 Å². The predicted molar refractivity (Wildman–Crippen MR) is 61.5 cm³/mol. The van der Waals surface area contributed by atoms with E-state index in [9.17, 15) is 0 Å². The Kier molecular flexibility index (Phi) is 3.08. The predicted octanol–water partition coefficient (Wildman–Crippen LogP) is 1.55. The summed E-state index contributed by atoms with van der Waals surface area (Å²) >= 11 is 1.44. The average molecular weight is 231 g/mol. The number of rotatable bonds is 3. The monoisotopic (exact) mass is 231 g/mol. The summed E-state index contributed by atoms with van der Waals surface area (Å²) in [4.78, 5) is 3.97. The fraction of sp³-hybridized carbons (Fsp3) is 0.100. The molecule has 0 aliphatic carbocycles. The lowest BCUT2D eigenvalue weighted by Crippen LogP contribution is -1.87. The number of aromatic amines is 1. The molecule has 0 aliphatic heterocycles. The van der Waals surface area contributed by atoms with Crippen molar-refractivity contribution in [2.75, 3.05) is 5.73 Å². The third-order valence-corrected chi connectivity index (χ3v) is 2.87. The zero-order valence-electron chi connectivity index (χ0n) is 8.34. The number of thioether (sulfide) groups is 1. The van der Waals surface area contributed by atoms with E-state index in [4.69, 9.17) is 11.0 Å². The van der Waals surface area contributed by atoms with Gasteiger partial charge in [0.2, 0.25) is 11.1 Å². The molecule has 0 bridgehead atoms. The minimum atomic E-state index is 0.302. The Labute approximate surface area is 96.7 Å². The number of nitrogens with two attached hydrogens (primary N) is 1. The van der Waals surface area contributed by atoms with Gasteiger partial charge >= 0.3 is 0 Å². The van der Waals surface area contributed by atoms with Crippen molar-refractivity contribution in [3.8, 4) is 6.07 Å². The van der Waals surface area contributed by atoms with E-state index >= 15 is 0 Å². The van der Waals surface area contributed by atoms with Gasteiger partial charge < -0.3 is 5.73 Å². The van der Waals surface area contributed by atoms with Gasteiger partial charge in [-0.1, -0.05) is 30.0 Å². The Morgan fingerprint density at radius 2 is 2.25 bits per heavy atom. The minimum Gasteiger partial charge on any atom is -0.368 e. The Bertz CT molecular complexity index is 528. The van der Waals surface area contributed by atoms with Crippen molar-refractivity contribution in [3.05, 3.63) is 35.4 Å². The van der Waals surface area contributed by atoms with Gasteiger partial charge in [0.25, 0.3) is 0 Å². The number of anilines is 1. The topological polar surface area (TPSA) is 91.4 Å². The Hall–Kier alpha value is -2.00. The summed E-state index contributed by atoms with van der Waals surface area (Å²) in [5.41, 5.74) is 7.06. The van der Waals surface area contributed by atoms with E-state index in [1.165, 1.54) is 11.8 Å². The van der Waals surface area contributed by atoms with Crippen molar-refractivity contribution in [1.29, 1.82) is 5.26 Å². The van der Waals surface area contributed by atoms with Gasteiger partial charge in [0.1, 0.15) is 0 Å². The number of nitrogens with zero attached hydrogens (tertiary/aromatic N) is 3. The average Bonchev–Trinajstić information content (AvgIpc) is 2.73. The molecule has 0 fully saturated rings. The number of hydrogen-bond acceptors (Lipinski definition) is 5. The van der Waals surface area contributed by atoms with Crippen LogP contribution in [0.3, 0.4) is 0 Å². The van der Waals surface area contributed by atoms with Crippen molar-refractivity contribution in [2.45, 2.75) is 10.9 Å². The molecule has 0 atom stereocenters.